The van der Waals surface area contributed by atoms with Gasteiger partial charge in [-0.3, -0.25) is 10.1 Å². The van der Waals surface area contributed by atoms with E-state index >= 15 is 0 Å². The van der Waals surface area contributed by atoms with Crippen molar-refractivity contribution in [3.63, 3.8) is 0 Å². The van der Waals surface area contributed by atoms with Gasteiger partial charge in [0.25, 0.3) is 0 Å². The summed E-state index contributed by atoms with van der Waals surface area (Å²) >= 11 is 2.17. The molecule has 0 amide bonds. The Morgan fingerprint density at radius 3 is 2.52 bits per heavy atom. The molecule has 0 bridgehead atoms. The van der Waals surface area contributed by atoms with Crippen LogP contribution in [0.15, 0.2) is 54.9 Å². The predicted molar refractivity (Wildman–Crippen MR) is 117 cm³/mol. The first-order chi connectivity index (χ1) is 13.9. The largest absolute Gasteiger partial charge is 0.465 e. The zero-order chi connectivity index (χ0) is 21.0. The molecule has 0 fully saturated rings. The predicted octanol–water partition coefficient (Wildman–Crippen LogP) is 4.29. The molecule has 1 N–H and O–H groups in total. The third kappa shape index (κ3) is 4.42. The number of methoxy groups -OCH3 is 1. The Labute approximate surface area is 180 Å². The molecule has 1 aromatic heterocycles. The molecule has 1 heterocycles. The summed E-state index contributed by atoms with van der Waals surface area (Å²) < 4.78 is 5.84. The second kappa shape index (κ2) is 8.82. The number of ether oxygens (including phenoxy) is 1. The number of halogens is 1. The van der Waals surface area contributed by atoms with E-state index in [1.165, 1.54) is 18.3 Å². The van der Waals surface area contributed by atoms with Crippen molar-refractivity contribution in [3.8, 4) is 0 Å². The Bertz CT molecular complexity index is 1060. The Balaban J connectivity index is 2.07. The van der Waals surface area contributed by atoms with Crippen LogP contribution in [0.5, 0.6) is 0 Å². The first-order valence-corrected chi connectivity index (χ1v) is 9.43. The van der Waals surface area contributed by atoms with Gasteiger partial charge in [-0.05, 0) is 59.0 Å². The molecule has 0 saturated heterocycles. The lowest BCUT2D eigenvalue weighted by Crippen LogP contribution is -2.18. The van der Waals surface area contributed by atoms with Gasteiger partial charge in [0.05, 0.1) is 23.3 Å². The summed E-state index contributed by atoms with van der Waals surface area (Å²) in [5, 5.41) is 14.8. The minimum absolute atomic E-state index is 0.0364. The third-order valence-electron chi connectivity index (χ3n) is 4.08. The van der Waals surface area contributed by atoms with E-state index in [-0.39, 0.29) is 22.9 Å². The molecule has 0 radical (unpaired) electrons. The van der Waals surface area contributed by atoms with E-state index in [1.54, 1.807) is 43.4 Å². The fourth-order valence-electron chi connectivity index (χ4n) is 2.71. The molecular formula is C19H16IN5O4. The number of carbonyl (C=O) groups excluding carboxylic acids is 1. The number of benzene rings is 2. The number of rotatable bonds is 6. The molecule has 2 aromatic carbocycles. The van der Waals surface area contributed by atoms with Crippen molar-refractivity contribution in [1.82, 2.24) is 9.97 Å². The molecule has 10 heteroatoms. The zero-order valence-electron chi connectivity index (χ0n) is 15.5. The van der Waals surface area contributed by atoms with Gasteiger partial charge in [0, 0.05) is 16.3 Å². The van der Waals surface area contributed by atoms with E-state index in [2.05, 4.69) is 37.9 Å². The molecule has 3 rings (SSSR count). The first kappa shape index (κ1) is 20.5. The molecule has 0 aliphatic heterocycles. The van der Waals surface area contributed by atoms with Crippen molar-refractivity contribution in [2.24, 2.45) is 0 Å². The van der Waals surface area contributed by atoms with Crippen LogP contribution in [0.25, 0.3) is 0 Å². The lowest BCUT2D eigenvalue weighted by atomic mass is 10.1. The molecule has 148 valence electrons. The average Bonchev–Trinajstić information content (AvgIpc) is 2.74. The van der Waals surface area contributed by atoms with Crippen LogP contribution in [0, 0.1) is 13.7 Å². The van der Waals surface area contributed by atoms with Crippen molar-refractivity contribution < 1.29 is 14.5 Å². The number of nitrogens with one attached hydrogen (secondary N) is 1. The van der Waals surface area contributed by atoms with Crippen molar-refractivity contribution in [2.45, 2.75) is 0 Å². The van der Waals surface area contributed by atoms with Crippen molar-refractivity contribution in [2.75, 3.05) is 24.4 Å². The minimum atomic E-state index is -0.554. The highest BCUT2D eigenvalue weighted by Gasteiger charge is 2.28. The van der Waals surface area contributed by atoms with Crippen LogP contribution in [-0.2, 0) is 4.74 Å². The molecule has 0 unspecified atom stereocenters. The van der Waals surface area contributed by atoms with Gasteiger partial charge in [-0.15, -0.1) is 0 Å². The Kier molecular flexibility index (Phi) is 6.22. The van der Waals surface area contributed by atoms with Crippen LogP contribution < -0.4 is 10.2 Å². The van der Waals surface area contributed by atoms with E-state index in [9.17, 15) is 14.9 Å². The van der Waals surface area contributed by atoms with Gasteiger partial charge < -0.3 is 15.0 Å². The van der Waals surface area contributed by atoms with Crippen LogP contribution in [0.3, 0.4) is 0 Å². The van der Waals surface area contributed by atoms with E-state index in [4.69, 9.17) is 4.74 Å². The number of anilines is 4. The van der Waals surface area contributed by atoms with E-state index in [0.29, 0.717) is 11.4 Å². The van der Waals surface area contributed by atoms with Gasteiger partial charge in [0.1, 0.15) is 6.33 Å². The second-order valence-corrected chi connectivity index (χ2v) is 7.10. The summed E-state index contributed by atoms with van der Waals surface area (Å²) in [6.07, 6.45) is 1.23. The smallest absolute Gasteiger partial charge is 0.354 e. The average molecular weight is 505 g/mol. The zero-order valence-corrected chi connectivity index (χ0v) is 17.7. The van der Waals surface area contributed by atoms with Crippen LogP contribution in [0.2, 0.25) is 0 Å². The number of aromatic nitrogens is 2. The maximum absolute atomic E-state index is 12.1. The number of nitro groups is 1. The Morgan fingerprint density at radius 2 is 1.86 bits per heavy atom. The fraction of sp³-hybridized carbons (Fsp3) is 0.105. The van der Waals surface area contributed by atoms with E-state index < -0.39 is 10.9 Å². The van der Waals surface area contributed by atoms with Gasteiger partial charge in [0.15, 0.2) is 0 Å². The molecule has 0 atom stereocenters. The van der Waals surface area contributed by atoms with Gasteiger partial charge in [-0.25, -0.2) is 14.8 Å². The third-order valence-corrected chi connectivity index (χ3v) is 4.80. The molecule has 9 nitrogen and oxygen atoms in total. The van der Waals surface area contributed by atoms with Gasteiger partial charge in [-0.2, -0.15) is 0 Å². The normalized spacial score (nSPS) is 10.3. The Hall–Kier alpha value is -3.28. The lowest BCUT2D eigenvalue weighted by Gasteiger charge is -2.21. The summed E-state index contributed by atoms with van der Waals surface area (Å²) in [6, 6.07) is 14.0. The standard InChI is InChI=1S/C19H16IN5O4/c1-24(15-6-4-3-5-14(15)19(26)29-2)18-16(25(27)28)17(21-11-22-18)23-13-9-7-12(20)8-10-13/h3-11H,1-2H3,(H,21,22,23). The van der Waals surface area contributed by atoms with E-state index in [1.807, 2.05) is 12.1 Å². The lowest BCUT2D eigenvalue weighted by molar-refractivity contribution is -0.383. The molecule has 0 aliphatic carbocycles. The van der Waals surface area contributed by atoms with Gasteiger partial charge in [-0.1, -0.05) is 12.1 Å². The monoisotopic (exact) mass is 505 g/mol. The maximum Gasteiger partial charge on any atom is 0.354 e. The summed E-state index contributed by atoms with van der Waals surface area (Å²) in [7, 11) is 2.86. The van der Waals surface area contributed by atoms with Crippen LogP contribution in [0.4, 0.5) is 28.7 Å². The van der Waals surface area contributed by atoms with Gasteiger partial charge in [0.2, 0.25) is 11.6 Å². The minimum Gasteiger partial charge on any atom is -0.465 e. The van der Waals surface area contributed by atoms with Crippen molar-refractivity contribution >= 4 is 57.3 Å². The van der Waals surface area contributed by atoms with Gasteiger partial charge >= 0.3 is 11.7 Å². The molecule has 3 aromatic rings. The molecule has 0 saturated carbocycles. The number of hydrogen-bond donors (Lipinski definition) is 1. The van der Waals surface area contributed by atoms with Crippen molar-refractivity contribution in [1.29, 1.82) is 0 Å². The molecule has 29 heavy (non-hydrogen) atoms. The fourth-order valence-corrected chi connectivity index (χ4v) is 3.07. The molecule has 0 aliphatic rings. The van der Waals surface area contributed by atoms with Crippen LogP contribution in [0.1, 0.15) is 10.4 Å². The van der Waals surface area contributed by atoms with E-state index in [0.717, 1.165) is 3.57 Å². The summed E-state index contributed by atoms with van der Waals surface area (Å²) in [5.74, 6) is -0.473. The summed E-state index contributed by atoms with van der Waals surface area (Å²) in [5.41, 5.74) is 1.02. The topological polar surface area (TPSA) is 110 Å². The number of hydrogen-bond acceptors (Lipinski definition) is 8. The SMILES string of the molecule is COC(=O)c1ccccc1N(C)c1ncnc(Nc2ccc(I)cc2)c1[N+](=O)[O-]. The highest BCUT2D eigenvalue weighted by molar-refractivity contribution is 14.1. The maximum atomic E-state index is 12.1. The molecular weight excluding hydrogens is 489 g/mol. The van der Waals surface area contributed by atoms with Crippen molar-refractivity contribution in [3.05, 3.63) is 74.1 Å². The van der Waals surface area contributed by atoms with Crippen LogP contribution >= 0.6 is 22.6 Å². The quantitative estimate of drug-likeness (QED) is 0.229. The second-order valence-electron chi connectivity index (χ2n) is 5.85. The highest BCUT2D eigenvalue weighted by atomic mass is 127. The number of para-hydroxylation sites is 1. The Morgan fingerprint density at radius 1 is 1.17 bits per heavy atom. The summed E-state index contributed by atoms with van der Waals surface area (Å²) in [6.45, 7) is 0. The highest BCUT2D eigenvalue weighted by Crippen LogP contribution is 2.37. The van der Waals surface area contributed by atoms with Crippen LogP contribution in [-0.4, -0.2) is 35.0 Å². The summed E-state index contributed by atoms with van der Waals surface area (Å²) in [4.78, 5) is 33.0. The first-order valence-electron chi connectivity index (χ1n) is 8.35. The number of carbonyl (C=O) groups is 1. The number of esters is 1. The molecule has 0 spiro atoms. The number of nitrogens with zero attached hydrogens (tertiary/aromatic N) is 4.